The zero-order chi connectivity index (χ0) is 6.43. The monoisotopic (exact) mass is 125 g/mol. The molecule has 0 aromatic heterocycles. The molecule has 1 heteroatoms. The Morgan fingerprint density at radius 2 is 2.11 bits per heavy atom. The van der Waals surface area contributed by atoms with Crippen LogP contribution in [0.4, 0.5) is 0 Å². The molecular weight excluding hydrogens is 110 g/mol. The van der Waals surface area contributed by atoms with Crippen molar-refractivity contribution in [1.82, 2.24) is 4.90 Å². The van der Waals surface area contributed by atoms with Crippen LogP contribution in [0.3, 0.4) is 0 Å². The van der Waals surface area contributed by atoms with Gasteiger partial charge in [-0.15, -0.1) is 0 Å². The maximum Gasteiger partial charge on any atom is 0.0122 e. The molecule has 0 spiro atoms. The van der Waals surface area contributed by atoms with Gasteiger partial charge in [-0.25, -0.2) is 0 Å². The average molecular weight is 125 g/mol. The van der Waals surface area contributed by atoms with Crippen molar-refractivity contribution in [2.75, 3.05) is 7.05 Å². The lowest BCUT2D eigenvalue weighted by molar-refractivity contribution is 0.296. The second kappa shape index (κ2) is 1.72. The van der Waals surface area contributed by atoms with Crippen molar-refractivity contribution >= 4 is 0 Å². The molecule has 1 nitrogen and oxygen atoms in total. The van der Waals surface area contributed by atoms with Crippen LogP contribution in [0.15, 0.2) is 0 Å². The molecule has 0 radical (unpaired) electrons. The Kier molecular flexibility index (Phi) is 1.10. The Morgan fingerprint density at radius 3 is 2.33 bits per heavy atom. The van der Waals surface area contributed by atoms with Crippen LogP contribution in [0.2, 0.25) is 0 Å². The van der Waals surface area contributed by atoms with E-state index < -0.39 is 0 Å². The molecule has 3 atom stereocenters. The largest absolute Gasteiger partial charge is 0.300 e. The van der Waals surface area contributed by atoms with Crippen molar-refractivity contribution in [3.8, 4) is 0 Å². The first kappa shape index (κ1) is 5.72. The highest BCUT2D eigenvalue weighted by Crippen LogP contribution is 2.39. The number of hydrogen-bond donors (Lipinski definition) is 0. The number of fused-ring (bicyclic) bond motifs is 2. The van der Waals surface area contributed by atoms with Crippen LogP contribution >= 0.6 is 0 Å². The maximum absolute atomic E-state index is 2.57. The smallest absolute Gasteiger partial charge is 0.0122 e. The molecule has 0 saturated carbocycles. The van der Waals surface area contributed by atoms with Gasteiger partial charge in [-0.1, -0.05) is 6.92 Å². The van der Waals surface area contributed by atoms with E-state index in [9.17, 15) is 0 Å². The Balaban J connectivity index is 2.16. The van der Waals surface area contributed by atoms with Gasteiger partial charge in [0.1, 0.15) is 0 Å². The van der Waals surface area contributed by atoms with Gasteiger partial charge in [-0.3, -0.25) is 0 Å². The van der Waals surface area contributed by atoms with Crippen molar-refractivity contribution < 1.29 is 0 Å². The number of rotatable bonds is 0. The molecule has 2 rings (SSSR count). The van der Waals surface area contributed by atoms with E-state index in [0.29, 0.717) is 0 Å². The fourth-order valence-corrected chi connectivity index (χ4v) is 2.60. The van der Waals surface area contributed by atoms with Gasteiger partial charge in [0, 0.05) is 12.1 Å². The summed E-state index contributed by atoms with van der Waals surface area (Å²) in [5.74, 6) is 0.980. The average Bonchev–Trinajstić information content (AvgIpc) is 2.25. The van der Waals surface area contributed by atoms with Crippen molar-refractivity contribution in [2.24, 2.45) is 5.92 Å². The molecule has 2 aliphatic rings. The molecule has 2 bridgehead atoms. The Morgan fingerprint density at radius 1 is 1.33 bits per heavy atom. The normalized spacial score (nSPS) is 50.7. The van der Waals surface area contributed by atoms with E-state index in [1.807, 2.05) is 0 Å². The Hall–Kier alpha value is -0.0400. The van der Waals surface area contributed by atoms with E-state index in [4.69, 9.17) is 0 Å². The van der Waals surface area contributed by atoms with Gasteiger partial charge in [0.2, 0.25) is 0 Å². The standard InChI is InChI=1S/C8H15N/c1-6-5-7-3-4-8(6)9(7)2/h6-8H,3-5H2,1-2H3/t6?,7?,8-/m1/s1. The highest BCUT2D eigenvalue weighted by atomic mass is 15.2. The van der Waals surface area contributed by atoms with Crippen LogP contribution in [-0.2, 0) is 0 Å². The molecule has 2 unspecified atom stereocenters. The third-order valence-electron chi connectivity index (χ3n) is 3.20. The van der Waals surface area contributed by atoms with Gasteiger partial charge in [0.05, 0.1) is 0 Å². The fourth-order valence-electron chi connectivity index (χ4n) is 2.60. The molecule has 0 aromatic carbocycles. The molecule has 2 fully saturated rings. The minimum absolute atomic E-state index is 0.940. The quantitative estimate of drug-likeness (QED) is 0.474. The zero-order valence-corrected chi connectivity index (χ0v) is 6.30. The van der Waals surface area contributed by atoms with Crippen molar-refractivity contribution in [2.45, 2.75) is 38.3 Å². The van der Waals surface area contributed by atoms with Crippen molar-refractivity contribution in [1.29, 1.82) is 0 Å². The summed E-state index contributed by atoms with van der Waals surface area (Å²) in [4.78, 5) is 2.57. The third-order valence-corrected chi connectivity index (χ3v) is 3.20. The van der Waals surface area contributed by atoms with Gasteiger partial charge >= 0.3 is 0 Å². The highest BCUT2D eigenvalue weighted by Gasteiger charge is 2.41. The lowest BCUT2D eigenvalue weighted by Gasteiger charge is -2.16. The topological polar surface area (TPSA) is 3.24 Å². The highest BCUT2D eigenvalue weighted by molar-refractivity contribution is 4.96. The van der Waals surface area contributed by atoms with Gasteiger partial charge in [0.15, 0.2) is 0 Å². The lowest BCUT2D eigenvalue weighted by Crippen LogP contribution is -2.24. The minimum atomic E-state index is 0.940. The number of hydrogen-bond acceptors (Lipinski definition) is 1. The van der Waals surface area contributed by atoms with Crippen molar-refractivity contribution in [3.05, 3.63) is 0 Å². The van der Waals surface area contributed by atoms with E-state index in [-0.39, 0.29) is 0 Å². The summed E-state index contributed by atoms with van der Waals surface area (Å²) in [6.45, 7) is 2.39. The summed E-state index contributed by atoms with van der Waals surface area (Å²) >= 11 is 0. The van der Waals surface area contributed by atoms with Crippen LogP contribution < -0.4 is 0 Å². The Bertz CT molecular complexity index is 122. The van der Waals surface area contributed by atoms with E-state index in [1.54, 1.807) is 0 Å². The second-order valence-electron chi connectivity index (χ2n) is 3.68. The summed E-state index contributed by atoms with van der Waals surface area (Å²) in [6, 6.07) is 1.89. The first-order valence-corrected chi connectivity index (χ1v) is 4.01. The Labute approximate surface area is 57.0 Å². The zero-order valence-electron chi connectivity index (χ0n) is 6.30. The molecule has 0 aromatic rings. The molecule has 2 aliphatic heterocycles. The summed E-state index contributed by atoms with van der Waals surface area (Å²) in [7, 11) is 2.28. The van der Waals surface area contributed by atoms with Gasteiger partial charge in [-0.05, 0) is 32.2 Å². The van der Waals surface area contributed by atoms with Gasteiger partial charge < -0.3 is 4.90 Å². The van der Waals surface area contributed by atoms with E-state index in [1.165, 1.54) is 19.3 Å². The predicted molar refractivity (Wildman–Crippen MR) is 38.4 cm³/mol. The molecule has 0 aliphatic carbocycles. The predicted octanol–water partition coefficient (Wildman–Crippen LogP) is 1.49. The van der Waals surface area contributed by atoms with Crippen LogP contribution in [0.1, 0.15) is 26.2 Å². The number of nitrogens with zero attached hydrogens (tertiary/aromatic N) is 1. The van der Waals surface area contributed by atoms with Gasteiger partial charge in [-0.2, -0.15) is 0 Å². The lowest BCUT2D eigenvalue weighted by atomic mass is 9.91. The maximum atomic E-state index is 2.57. The summed E-state index contributed by atoms with van der Waals surface area (Å²) in [6.07, 6.45) is 4.38. The molecule has 0 N–H and O–H groups in total. The molecular formula is C8H15N. The first-order chi connectivity index (χ1) is 4.29. The van der Waals surface area contributed by atoms with Crippen LogP contribution in [0.25, 0.3) is 0 Å². The minimum Gasteiger partial charge on any atom is -0.300 e. The molecule has 0 amide bonds. The van der Waals surface area contributed by atoms with Crippen LogP contribution in [-0.4, -0.2) is 24.0 Å². The van der Waals surface area contributed by atoms with Crippen molar-refractivity contribution in [3.63, 3.8) is 0 Å². The van der Waals surface area contributed by atoms with Crippen LogP contribution in [0, 0.1) is 5.92 Å². The van der Waals surface area contributed by atoms with E-state index >= 15 is 0 Å². The molecule has 2 heterocycles. The van der Waals surface area contributed by atoms with Gasteiger partial charge in [0.25, 0.3) is 0 Å². The van der Waals surface area contributed by atoms with E-state index in [0.717, 1.165) is 18.0 Å². The van der Waals surface area contributed by atoms with E-state index in [2.05, 4.69) is 18.9 Å². The summed E-state index contributed by atoms with van der Waals surface area (Å²) in [5.41, 5.74) is 0. The second-order valence-corrected chi connectivity index (χ2v) is 3.68. The SMILES string of the molecule is CC1CC2CC[C@H]1N2C. The molecule has 2 saturated heterocycles. The molecule has 9 heavy (non-hydrogen) atoms. The van der Waals surface area contributed by atoms with Crippen LogP contribution in [0.5, 0.6) is 0 Å². The first-order valence-electron chi connectivity index (χ1n) is 4.01. The summed E-state index contributed by atoms with van der Waals surface area (Å²) < 4.78 is 0. The fraction of sp³-hybridized carbons (Fsp3) is 1.00. The molecule has 52 valence electrons. The summed E-state index contributed by atoms with van der Waals surface area (Å²) in [5, 5.41) is 0. The third kappa shape index (κ3) is 0.644.